The second-order valence-electron chi connectivity index (χ2n) is 7.37. The second kappa shape index (κ2) is 8.65. The Hall–Kier alpha value is -2.21. The van der Waals surface area contributed by atoms with E-state index in [0.29, 0.717) is 11.7 Å². The first kappa shape index (κ1) is 19.5. The molecule has 144 valence electrons. The SMILES string of the molecule is Cc1ccc(NC(=O)CC2C(=O)N(C)C(=S)N2CCC2=CCCCC2)cc1. The van der Waals surface area contributed by atoms with Crippen LogP contribution in [0.1, 0.15) is 44.1 Å². The van der Waals surface area contributed by atoms with Crippen LogP contribution in [0.15, 0.2) is 35.9 Å². The van der Waals surface area contributed by atoms with Gasteiger partial charge in [0, 0.05) is 19.3 Å². The first-order valence-electron chi connectivity index (χ1n) is 9.58. The normalized spacial score (nSPS) is 20.1. The summed E-state index contributed by atoms with van der Waals surface area (Å²) >= 11 is 5.46. The predicted molar refractivity (Wildman–Crippen MR) is 111 cm³/mol. The molecule has 2 amide bonds. The lowest BCUT2D eigenvalue weighted by atomic mass is 9.97. The number of carbonyl (C=O) groups excluding carboxylic acids is 2. The number of nitrogens with zero attached hydrogens (tertiary/aromatic N) is 2. The third-order valence-corrected chi connectivity index (χ3v) is 5.81. The summed E-state index contributed by atoms with van der Waals surface area (Å²) in [5, 5.41) is 3.40. The molecule has 0 bridgehead atoms. The van der Waals surface area contributed by atoms with E-state index >= 15 is 0 Å². The first-order valence-corrected chi connectivity index (χ1v) is 9.99. The maximum atomic E-state index is 12.6. The highest BCUT2D eigenvalue weighted by Crippen LogP contribution is 2.24. The number of rotatable bonds is 6. The van der Waals surface area contributed by atoms with Gasteiger partial charge in [0.2, 0.25) is 5.91 Å². The van der Waals surface area contributed by atoms with E-state index in [0.717, 1.165) is 30.5 Å². The molecule has 3 rings (SSSR count). The number of nitrogens with one attached hydrogen (secondary N) is 1. The van der Waals surface area contributed by atoms with Crippen LogP contribution < -0.4 is 5.32 Å². The summed E-state index contributed by atoms with van der Waals surface area (Å²) < 4.78 is 0. The minimum Gasteiger partial charge on any atom is -0.336 e. The van der Waals surface area contributed by atoms with Crippen LogP contribution in [0.4, 0.5) is 5.69 Å². The van der Waals surface area contributed by atoms with Gasteiger partial charge in [-0.15, -0.1) is 0 Å². The average molecular weight is 386 g/mol. The van der Waals surface area contributed by atoms with Gasteiger partial charge in [-0.1, -0.05) is 29.3 Å². The number of allylic oxidation sites excluding steroid dienone is 1. The number of amides is 2. The molecule has 0 saturated carbocycles. The smallest absolute Gasteiger partial charge is 0.251 e. The fourth-order valence-corrected chi connectivity index (χ4v) is 3.95. The molecule has 1 fully saturated rings. The molecule has 1 aromatic carbocycles. The lowest BCUT2D eigenvalue weighted by Crippen LogP contribution is -2.38. The molecule has 0 radical (unpaired) electrons. The van der Waals surface area contributed by atoms with E-state index in [1.54, 1.807) is 7.05 Å². The van der Waals surface area contributed by atoms with Gasteiger partial charge in [0.05, 0.1) is 6.42 Å². The van der Waals surface area contributed by atoms with Crippen LogP contribution in [0, 0.1) is 6.92 Å². The average Bonchev–Trinajstić information content (AvgIpc) is 2.86. The number of carbonyl (C=O) groups is 2. The Morgan fingerprint density at radius 3 is 2.67 bits per heavy atom. The summed E-state index contributed by atoms with van der Waals surface area (Å²) in [5.74, 6) is -0.270. The van der Waals surface area contributed by atoms with Gasteiger partial charge < -0.3 is 10.2 Å². The number of hydrogen-bond acceptors (Lipinski definition) is 3. The number of likely N-dealkylation sites (N-methyl/N-ethyl adjacent to an activating group) is 1. The van der Waals surface area contributed by atoms with Crippen molar-refractivity contribution in [2.75, 3.05) is 18.9 Å². The zero-order valence-corrected chi connectivity index (χ0v) is 16.8. The number of hydrogen-bond donors (Lipinski definition) is 1. The van der Waals surface area contributed by atoms with Crippen LogP contribution >= 0.6 is 12.2 Å². The van der Waals surface area contributed by atoms with Crippen molar-refractivity contribution in [3.8, 4) is 0 Å². The molecule has 5 nitrogen and oxygen atoms in total. The topological polar surface area (TPSA) is 52.7 Å². The maximum absolute atomic E-state index is 12.6. The molecule has 6 heteroatoms. The standard InChI is InChI=1S/C21H27N3O2S/c1-15-8-10-17(11-9-15)22-19(25)14-18-20(26)23(2)21(27)24(18)13-12-16-6-4-3-5-7-16/h6,8-11,18H,3-5,7,12-14H2,1-2H3,(H,22,25). The van der Waals surface area contributed by atoms with Gasteiger partial charge in [-0.3, -0.25) is 14.5 Å². The van der Waals surface area contributed by atoms with Crippen molar-refractivity contribution in [2.45, 2.75) is 51.5 Å². The van der Waals surface area contributed by atoms with Gasteiger partial charge in [-0.05, 0) is 63.4 Å². The van der Waals surface area contributed by atoms with E-state index in [-0.39, 0.29) is 18.2 Å². The van der Waals surface area contributed by atoms with Gasteiger partial charge >= 0.3 is 0 Å². The number of thiocarbonyl (C=S) groups is 1. The molecule has 1 aromatic rings. The van der Waals surface area contributed by atoms with Crippen LogP contribution in [0.25, 0.3) is 0 Å². The summed E-state index contributed by atoms with van der Waals surface area (Å²) in [6.07, 6.45) is 8.08. The molecule has 2 aliphatic rings. The van der Waals surface area contributed by atoms with E-state index in [1.165, 1.54) is 23.3 Å². The van der Waals surface area contributed by atoms with Crippen LogP contribution in [0.2, 0.25) is 0 Å². The van der Waals surface area contributed by atoms with E-state index < -0.39 is 6.04 Å². The first-order chi connectivity index (χ1) is 13.0. The van der Waals surface area contributed by atoms with Crippen molar-refractivity contribution in [3.63, 3.8) is 0 Å². The molecule has 1 aliphatic heterocycles. The van der Waals surface area contributed by atoms with E-state index in [9.17, 15) is 9.59 Å². The fraction of sp³-hybridized carbons (Fsp3) is 0.476. The van der Waals surface area contributed by atoms with Crippen molar-refractivity contribution < 1.29 is 9.59 Å². The molecular formula is C21H27N3O2S. The van der Waals surface area contributed by atoms with Gasteiger partial charge in [0.1, 0.15) is 6.04 Å². The Kier molecular flexibility index (Phi) is 6.26. The molecule has 1 N–H and O–H groups in total. The van der Waals surface area contributed by atoms with Crippen LogP contribution in [-0.2, 0) is 9.59 Å². The molecule has 1 saturated heterocycles. The fourth-order valence-electron chi connectivity index (χ4n) is 3.65. The summed E-state index contributed by atoms with van der Waals surface area (Å²) in [5.41, 5.74) is 3.31. The minimum atomic E-state index is -0.517. The third kappa shape index (κ3) is 4.75. The maximum Gasteiger partial charge on any atom is 0.251 e. The van der Waals surface area contributed by atoms with Crippen molar-refractivity contribution >= 4 is 34.8 Å². The highest BCUT2D eigenvalue weighted by atomic mass is 32.1. The highest BCUT2D eigenvalue weighted by Gasteiger charge is 2.41. The third-order valence-electron chi connectivity index (χ3n) is 5.30. The van der Waals surface area contributed by atoms with Gasteiger partial charge in [0.15, 0.2) is 5.11 Å². The van der Waals surface area contributed by atoms with E-state index in [2.05, 4.69) is 11.4 Å². The lowest BCUT2D eigenvalue weighted by molar-refractivity contribution is -0.130. The summed E-state index contributed by atoms with van der Waals surface area (Å²) in [6.45, 7) is 2.68. The Bertz CT molecular complexity index is 757. The second-order valence-corrected chi connectivity index (χ2v) is 7.73. The lowest BCUT2D eigenvalue weighted by Gasteiger charge is -2.24. The molecular weight excluding hydrogens is 358 g/mol. The number of anilines is 1. The van der Waals surface area contributed by atoms with Crippen LogP contribution in [-0.4, -0.2) is 46.4 Å². The van der Waals surface area contributed by atoms with Crippen molar-refractivity contribution in [1.82, 2.24) is 9.80 Å². The van der Waals surface area contributed by atoms with E-state index in [1.807, 2.05) is 36.1 Å². The Balaban J connectivity index is 1.63. The minimum absolute atomic E-state index is 0.100. The summed E-state index contributed by atoms with van der Waals surface area (Å²) in [6, 6.07) is 7.12. The zero-order valence-electron chi connectivity index (χ0n) is 16.0. The Labute approximate surface area is 166 Å². The molecule has 0 aromatic heterocycles. The number of benzene rings is 1. The molecule has 1 heterocycles. The van der Waals surface area contributed by atoms with E-state index in [4.69, 9.17) is 12.2 Å². The monoisotopic (exact) mass is 385 g/mol. The van der Waals surface area contributed by atoms with Gasteiger partial charge in [-0.25, -0.2) is 0 Å². The Morgan fingerprint density at radius 1 is 1.26 bits per heavy atom. The van der Waals surface area contributed by atoms with Crippen LogP contribution in [0.3, 0.4) is 0 Å². The van der Waals surface area contributed by atoms with Crippen molar-refractivity contribution in [3.05, 3.63) is 41.5 Å². The molecule has 1 unspecified atom stereocenters. The summed E-state index contributed by atoms with van der Waals surface area (Å²) in [7, 11) is 1.69. The van der Waals surface area contributed by atoms with Gasteiger partial charge in [-0.2, -0.15) is 0 Å². The van der Waals surface area contributed by atoms with Gasteiger partial charge in [0.25, 0.3) is 5.91 Å². The number of aryl methyl sites for hydroxylation is 1. The summed E-state index contributed by atoms with van der Waals surface area (Å²) in [4.78, 5) is 28.5. The molecule has 27 heavy (non-hydrogen) atoms. The molecule has 0 spiro atoms. The van der Waals surface area contributed by atoms with Crippen molar-refractivity contribution in [2.24, 2.45) is 0 Å². The highest BCUT2D eigenvalue weighted by molar-refractivity contribution is 7.80. The predicted octanol–water partition coefficient (Wildman–Crippen LogP) is 3.64. The Morgan fingerprint density at radius 2 is 2.00 bits per heavy atom. The zero-order chi connectivity index (χ0) is 19.4. The molecule has 1 atom stereocenters. The largest absolute Gasteiger partial charge is 0.336 e. The van der Waals surface area contributed by atoms with Crippen molar-refractivity contribution in [1.29, 1.82) is 0 Å². The molecule has 1 aliphatic carbocycles. The quantitative estimate of drug-likeness (QED) is 0.600. The van der Waals surface area contributed by atoms with Crippen LogP contribution in [0.5, 0.6) is 0 Å².